The monoisotopic (exact) mass is 303 g/mol. The Bertz CT molecular complexity index is 682. The lowest BCUT2D eigenvalue weighted by molar-refractivity contribution is -0.384. The maximum Gasteiger partial charge on any atom is 0.270 e. The van der Waals surface area contributed by atoms with E-state index in [1.54, 1.807) is 12.1 Å². The molecule has 1 heterocycles. The average molecular weight is 303 g/mol. The number of aryl methyl sites for hydroxylation is 1. The lowest BCUT2D eigenvalue weighted by Crippen LogP contribution is -2.41. The molecular weight excluding hydrogens is 290 g/mol. The van der Waals surface area contributed by atoms with Crippen molar-refractivity contribution in [3.8, 4) is 0 Å². The zero-order valence-electron chi connectivity index (χ0n) is 11.4. The highest BCUT2D eigenvalue weighted by Gasteiger charge is 2.12. The summed E-state index contributed by atoms with van der Waals surface area (Å²) in [6.07, 6.45) is 2.06. The summed E-state index contributed by atoms with van der Waals surface area (Å²) in [6.45, 7) is 0. The Kier molecular flexibility index (Phi) is 4.86. The molecule has 2 N–H and O–H groups in total. The number of rotatable bonds is 5. The molecule has 2 rings (SSSR count). The van der Waals surface area contributed by atoms with E-state index in [1.165, 1.54) is 24.5 Å². The van der Waals surface area contributed by atoms with Gasteiger partial charge in [0, 0.05) is 30.5 Å². The van der Waals surface area contributed by atoms with Crippen molar-refractivity contribution in [2.24, 2.45) is 0 Å². The fraction of sp³-hybridized carbons (Fsp3) is 0.143. The largest absolute Gasteiger partial charge is 0.469 e. The predicted octanol–water partition coefficient (Wildman–Crippen LogP) is 1.58. The Balaban J connectivity index is 1.83. The molecule has 114 valence electrons. The van der Waals surface area contributed by atoms with Crippen LogP contribution >= 0.6 is 0 Å². The first-order valence-corrected chi connectivity index (χ1v) is 6.42. The van der Waals surface area contributed by atoms with Crippen LogP contribution < -0.4 is 10.9 Å². The van der Waals surface area contributed by atoms with Gasteiger partial charge >= 0.3 is 0 Å². The van der Waals surface area contributed by atoms with Crippen LogP contribution in [-0.4, -0.2) is 16.7 Å². The number of non-ortho nitro benzene ring substituents is 1. The quantitative estimate of drug-likeness (QED) is 0.643. The molecule has 0 saturated carbocycles. The van der Waals surface area contributed by atoms with Crippen LogP contribution in [0.3, 0.4) is 0 Å². The summed E-state index contributed by atoms with van der Waals surface area (Å²) < 4.78 is 5.08. The van der Waals surface area contributed by atoms with Crippen molar-refractivity contribution in [3.05, 3.63) is 64.1 Å². The van der Waals surface area contributed by atoms with Crippen LogP contribution in [0.5, 0.6) is 0 Å². The summed E-state index contributed by atoms with van der Waals surface area (Å²) in [5.41, 5.74) is 4.33. The van der Waals surface area contributed by atoms with Crippen LogP contribution in [0.1, 0.15) is 22.5 Å². The third-order valence-corrected chi connectivity index (χ3v) is 2.81. The smallest absolute Gasteiger partial charge is 0.270 e. The highest BCUT2D eigenvalue weighted by molar-refractivity contribution is 5.95. The van der Waals surface area contributed by atoms with Crippen LogP contribution in [-0.2, 0) is 11.2 Å². The lowest BCUT2D eigenvalue weighted by atomic mass is 10.2. The van der Waals surface area contributed by atoms with E-state index in [-0.39, 0.29) is 17.7 Å². The molecule has 8 nitrogen and oxygen atoms in total. The summed E-state index contributed by atoms with van der Waals surface area (Å²) in [5, 5.41) is 10.6. The van der Waals surface area contributed by atoms with E-state index in [0.29, 0.717) is 12.2 Å². The van der Waals surface area contributed by atoms with Gasteiger partial charge in [-0.15, -0.1) is 0 Å². The second kappa shape index (κ2) is 7.02. The predicted molar refractivity (Wildman–Crippen MR) is 75.7 cm³/mol. The van der Waals surface area contributed by atoms with Gasteiger partial charge in [-0.25, -0.2) is 0 Å². The van der Waals surface area contributed by atoms with Crippen molar-refractivity contribution in [1.82, 2.24) is 10.9 Å². The van der Waals surface area contributed by atoms with Gasteiger partial charge in [-0.1, -0.05) is 6.07 Å². The number of nitrogens with one attached hydrogen (secondary N) is 2. The standard InChI is InChI=1S/C14H13N3O5/c18-13(7-6-12-5-2-8-22-12)15-16-14(19)10-3-1-4-11(9-10)17(20)21/h1-5,8-9H,6-7H2,(H,15,18)(H,16,19). The van der Waals surface area contributed by atoms with Crippen molar-refractivity contribution in [1.29, 1.82) is 0 Å². The molecule has 0 unspecified atom stereocenters. The second-order valence-electron chi connectivity index (χ2n) is 4.39. The Labute approximate surface area is 125 Å². The van der Waals surface area contributed by atoms with E-state index in [9.17, 15) is 19.7 Å². The Morgan fingerprint density at radius 3 is 2.68 bits per heavy atom. The van der Waals surface area contributed by atoms with Crippen LogP contribution in [0, 0.1) is 10.1 Å². The Morgan fingerprint density at radius 2 is 2.00 bits per heavy atom. The molecule has 0 spiro atoms. The zero-order valence-corrected chi connectivity index (χ0v) is 11.4. The van der Waals surface area contributed by atoms with E-state index >= 15 is 0 Å². The fourth-order valence-corrected chi connectivity index (χ4v) is 1.71. The lowest BCUT2D eigenvalue weighted by Gasteiger charge is -2.06. The van der Waals surface area contributed by atoms with E-state index in [0.717, 1.165) is 6.07 Å². The van der Waals surface area contributed by atoms with Gasteiger partial charge in [0.05, 0.1) is 11.2 Å². The van der Waals surface area contributed by atoms with Gasteiger partial charge in [-0.2, -0.15) is 0 Å². The summed E-state index contributed by atoms with van der Waals surface area (Å²) in [4.78, 5) is 33.4. The number of hydrazine groups is 1. The normalized spacial score (nSPS) is 10.0. The fourth-order valence-electron chi connectivity index (χ4n) is 1.71. The molecule has 0 aliphatic carbocycles. The number of furan rings is 1. The first-order chi connectivity index (χ1) is 10.6. The Hall–Kier alpha value is -3.16. The first-order valence-electron chi connectivity index (χ1n) is 6.42. The molecule has 1 aromatic heterocycles. The van der Waals surface area contributed by atoms with E-state index < -0.39 is 16.7 Å². The van der Waals surface area contributed by atoms with Gasteiger partial charge in [0.1, 0.15) is 5.76 Å². The molecular formula is C14H13N3O5. The molecule has 2 amide bonds. The third kappa shape index (κ3) is 4.17. The van der Waals surface area contributed by atoms with E-state index in [2.05, 4.69) is 10.9 Å². The Morgan fingerprint density at radius 1 is 1.18 bits per heavy atom. The van der Waals surface area contributed by atoms with Crippen molar-refractivity contribution in [2.45, 2.75) is 12.8 Å². The van der Waals surface area contributed by atoms with Crippen molar-refractivity contribution in [3.63, 3.8) is 0 Å². The molecule has 8 heteroatoms. The van der Waals surface area contributed by atoms with Gasteiger partial charge < -0.3 is 4.42 Å². The molecule has 0 atom stereocenters. The van der Waals surface area contributed by atoms with Gasteiger partial charge in [-0.05, 0) is 18.2 Å². The minimum Gasteiger partial charge on any atom is -0.469 e. The number of benzene rings is 1. The first kappa shape index (κ1) is 15.2. The zero-order chi connectivity index (χ0) is 15.9. The highest BCUT2D eigenvalue weighted by Crippen LogP contribution is 2.12. The van der Waals surface area contributed by atoms with Gasteiger partial charge in [0.15, 0.2) is 0 Å². The van der Waals surface area contributed by atoms with Gasteiger partial charge in [-0.3, -0.25) is 30.6 Å². The SMILES string of the molecule is O=C(CCc1ccco1)NNC(=O)c1cccc([N+](=O)[O-])c1. The number of hydrogen-bond acceptors (Lipinski definition) is 5. The molecule has 0 saturated heterocycles. The summed E-state index contributed by atoms with van der Waals surface area (Å²) in [7, 11) is 0. The molecule has 1 aromatic carbocycles. The number of carbonyl (C=O) groups is 2. The second-order valence-corrected chi connectivity index (χ2v) is 4.39. The van der Waals surface area contributed by atoms with Crippen molar-refractivity contribution < 1.29 is 18.9 Å². The molecule has 0 aliphatic heterocycles. The van der Waals surface area contributed by atoms with Crippen LogP contribution in [0.4, 0.5) is 5.69 Å². The number of nitrogens with zero attached hydrogens (tertiary/aromatic N) is 1. The molecule has 2 aromatic rings. The minimum atomic E-state index is -0.630. The maximum absolute atomic E-state index is 11.8. The minimum absolute atomic E-state index is 0.0838. The molecule has 0 aliphatic rings. The molecule has 0 radical (unpaired) electrons. The molecule has 0 fully saturated rings. The van der Waals surface area contributed by atoms with Crippen LogP contribution in [0.2, 0.25) is 0 Å². The average Bonchev–Trinajstić information content (AvgIpc) is 3.04. The number of nitro benzene ring substituents is 1. The highest BCUT2D eigenvalue weighted by atomic mass is 16.6. The van der Waals surface area contributed by atoms with E-state index in [1.807, 2.05) is 0 Å². The van der Waals surface area contributed by atoms with Crippen LogP contribution in [0.25, 0.3) is 0 Å². The molecule has 0 bridgehead atoms. The number of amides is 2. The number of carbonyl (C=O) groups excluding carboxylic acids is 2. The van der Waals surface area contributed by atoms with Crippen LogP contribution in [0.15, 0.2) is 47.1 Å². The molecule has 22 heavy (non-hydrogen) atoms. The summed E-state index contributed by atoms with van der Waals surface area (Å²) in [6, 6.07) is 8.68. The summed E-state index contributed by atoms with van der Waals surface area (Å²) >= 11 is 0. The number of hydrogen-bond donors (Lipinski definition) is 2. The van der Waals surface area contributed by atoms with Crippen molar-refractivity contribution in [2.75, 3.05) is 0 Å². The van der Waals surface area contributed by atoms with Gasteiger partial charge in [0.25, 0.3) is 11.6 Å². The number of nitro groups is 1. The van der Waals surface area contributed by atoms with Gasteiger partial charge in [0.2, 0.25) is 5.91 Å². The summed E-state index contributed by atoms with van der Waals surface area (Å²) in [5.74, 6) is -0.356. The third-order valence-electron chi connectivity index (χ3n) is 2.81. The van der Waals surface area contributed by atoms with Crippen molar-refractivity contribution >= 4 is 17.5 Å². The van der Waals surface area contributed by atoms with E-state index in [4.69, 9.17) is 4.42 Å². The topological polar surface area (TPSA) is 114 Å². The maximum atomic E-state index is 11.8.